The van der Waals surface area contributed by atoms with Crippen LogP contribution >= 0.6 is 15.9 Å². The number of halogens is 1. The Kier molecular flexibility index (Phi) is 4.24. The highest BCUT2D eigenvalue weighted by atomic mass is 79.9. The average molecular weight is 325 g/mol. The second-order valence-electron chi connectivity index (χ2n) is 5.05. The first-order valence-corrected chi connectivity index (χ1v) is 7.13. The van der Waals surface area contributed by atoms with E-state index in [1.165, 1.54) is 0 Å². The molecule has 2 rings (SSSR count). The Labute approximate surface area is 121 Å². The number of carbonyl (C=O) groups excluding carboxylic acids is 2. The molecule has 0 aliphatic carbocycles. The zero-order valence-electron chi connectivity index (χ0n) is 11.0. The van der Waals surface area contributed by atoms with Crippen LogP contribution in [-0.2, 0) is 9.59 Å². The van der Waals surface area contributed by atoms with Gasteiger partial charge in [-0.3, -0.25) is 9.59 Å². The number of carbonyl (C=O) groups is 2. The lowest BCUT2D eigenvalue weighted by atomic mass is 10.1. The summed E-state index contributed by atoms with van der Waals surface area (Å²) in [5.41, 5.74) is 0.833. The smallest absolute Gasteiger partial charge is 0.227 e. The molecule has 1 aromatic carbocycles. The molecule has 0 aromatic heterocycles. The predicted octanol–water partition coefficient (Wildman–Crippen LogP) is 2.33. The first kappa shape index (κ1) is 14.1. The van der Waals surface area contributed by atoms with E-state index < -0.39 is 0 Å². The fraction of sp³-hybridized carbons (Fsp3) is 0.429. The van der Waals surface area contributed by atoms with Crippen LogP contribution in [0.25, 0.3) is 0 Å². The minimum Gasteiger partial charge on any atom is -0.354 e. The Morgan fingerprint density at radius 3 is 2.84 bits per heavy atom. The summed E-state index contributed by atoms with van der Waals surface area (Å²) in [5.74, 6) is -0.295. The molecule has 0 spiro atoms. The quantitative estimate of drug-likeness (QED) is 0.927. The van der Waals surface area contributed by atoms with Crippen molar-refractivity contribution in [3.8, 4) is 0 Å². The van der Waals surface area contributed by atoms with Crippen LogP contribution in [0.15, 0.2) is 28.7 Å². The lowest BCUT2D eigenvalue weighted by Crippen LogP contribution is -2.36. The number of benzene rings is 1. The van der Waals surface area contributed by atoms with Gasteiger partial charge >= 0.3 is 0 Å². The summed E-state index contributed by atoms with van der Waals surface area (Å²) < 4.78 is 0.924. The van der Waals surface area contributed by atoms with Crippen LogP contribution in [0.2, 0.25) is 0 Å². The van der Waals surface area contributed by atoms with Crippen molar-refractivity contribution in [1.82, 2.24) is 5.32 Å². The van der Waals surface area contributed by atoms with Crippen LogP contribution < -0.4 is 10.2 Å². The van der Waals surface area contributed by atoms with Gasteiger partial charge in [0.25, 0.3) is 0 Å². The predicted molar refractivity (Wildman–Crippen MR) is 77.9 cm³/mol. The molecule has 1 saturated heterocycles. The van der Waals surface area contributed by atoms with Crippen molar-refractivity contribution in [2.24, 2.45) is 5.92 Å². The van der Waals surface area contributed by atoms with Gasteiger partial charge in [0.15, 0.2) is 0 Å². The van der Waals surface area contributed by atoms with Gasteiger partial charge in [-0.05, 0) is 32.0 Å². The lowest BCUT2D eigenvalue weighted by Gasteiger charge is -2.17. The number of amides is 2. The van der Waals surface area contributed by atoms with E-state index in [1.807, 2.05) is 38.1 Å². The zero-order chi connectivity index (χ0) is 14.0. The summed E-state index contributed by atoms with van der Waals surface area (Å²) in [5, 5.41) is 2.86. The van der Waals surface area contributed by atoms with E-state index in [0.717, 1.165) is 10.2 Å². The summed E-state index contributed by atoms with van der Waals surface area (Å²) in [6, 6.07) is 7.66. The third-order valence-electron chi connectivity index (χ3n) is 3.05. The summed E-state index contributed by atoms with van der Waals surface area (Å²) >= 11 is 3.39. The molecule has 0 saturated carbocycles. The summed E-state index contributed by atoms with van der Waals surface area (Å²) in [6.07, 6.45) is 0.283. The van der Waals surface area contributed by atoms with E-state index in [4.69, 9.17) is 0 Å². The van der Waals surface area contributed by atoms with Crippen LogP contribution in [0.3, 0.4) is 0 Å². The molecule has 1 aliphatic rings. The van der Waals surface area contributed by atoms with Gasteiger partial charge in [0.2, 0.25) is 11.8 Å². The van der Waals surface area contributed by atoms with Gasteiger partial charge in [-0.2, -0.15) is 0 Å². The van der Waals surface area contributed by atoms with Crippen molar-refractivity contribution in [3.63, 3.8) is 0 Å². The molecule has 1 fully saturated rings. The topological polar surface area (TPSA) is 49.4 Å². The summed E-state index contributed by atoms with van der Waals surface area (Å²) in [7, 11) is 0. The summed E-state index contributed by atoms with van der Waals surface area (Å²) in [6.45, 7) is 4.29. The standard InChI is InChI=1S/C14H17BrN2O2/c1-9(2)16-14(19)10-6-13(18)17(8-10)12-5-3-4-11(15)7-12/h3-5,7,9-10H,6,8H2,1-2H3,(H,16,19). The SMILES string of the molecule is CC(C)NC(=O)C1CC(=O)N(c2cccc(Br)c2)C1. The highest BCUT2D eigenvalue weighted by Crippen LogP contribution is 2.27. The number of nitrogens with zero attached hydrogens (tertiary/aromatic N) is 1. The fourth-order valence-electron chi connectivity index (χ4n) is 2.18. The minimum atomic E-state index is -0.256. The van der Waals surface area contributed by atoms with Crippen molar-refractivity contribution in [3.05, 3.63) is 28.7 Å². The molecule has 1 aromatic rings. The van der Waals surface area contributed by atoms with Crippen molar-refractivity contribution < 1.29 is 9.59 Å². The molecule has 4 nitrogen and oxygen atoms in total. The van der Waals surface area contributed by atoms with Gasteiger partial charge in [0.1, 0.15) is 0 Å². The van der Waals surface area contributed by atoms with Gasteiger partial charge in [-0.25, -0.2) is 0 Å². The van der Waals surface area contributed by atoms with Crippen molar-refractivity contribution in [1.29, 1.82) is 0 Å². The Morgan fingerprint density at radius 1 is 1.47 bits per heavy atom. The van der Waals surface area contributed by atoms with Gasteiger partial charge in [-0.1, -0.05) is 22.0 Å². The monoisotopic (exact) mass is 324 g/mol. The molecule has 19 heavy (non-hydrogen) atoms. The van der Waals surface area contributed by atoms with E-state index in [1.54, 1.807) is 4.90 Å². The summed E-state index contributed by atoms with van der Waals surface area (Å²) in [4.78, 5) is 25.6. The molecule has 1 atom stereocenters. The Hall–Kier alpha value is -1.36. The van der Waals surface area contributed by atoms with Crippen molar-refractivity contribution in [2.45, 2.75) is 26.3 Å². The Balaban J connectivity index is 2.10. The number of nitrogens with one attached hydrogen (secondary N) is 1. The molecule has 1 aliphatic heterocycles. The van der Waals surface area contributed by atoms with Crippen LogP contribution in [0.4, 0.5) is 5.69 Å². The minimum absolute atomic E-state index is 0.00186. The third-order valence-corrected chi connectivity index (χ3v) is 3.54. The van der Waals surface area contributed by atoms with Crippen molar-refractivity contribution in [2.75, 3.05) is 11.4 Å². The number of hydrogen-bond donors (Lipinski definition) is 1. The van der Waals surface area contributed by atoms with Gasteiger partial charge < -0.3 is 10.2 Å². The maximum absolute atomic E-state index is 12.0. The third kappa shape index (κ3) is 3.35. The van der Waals surface area contributed by atoms with Crippen LogP contribution in [-0.4, -0.2) is 24.4 Å². The molecule has 0 radical (unpaired) electrons. The maximum atomic E-state index is 12.0. The molecule has 1 heterocycles. The van der Waals surface area contributed by atoms with E-state index in [-0.39, 0.29) is 30.2 Å². The van der Waals surface area contributed by atoms with E-state index >= 15 is 0 Å². The van der Waals surface area contributed by atoms with E-state index in [0.29, 0.717) is 6.54 Å². The molecular weight excluding hydrogens is 308 g/mol. The molecule has 1 N–H and O–H groups in total. The molecule has 102 valence electrons. The highest BCUT2D eigenvalue weighted by Gasteiger charge is 2.35. The number of anilines is 1. The van der Waals surface area contributed by atoms with Crippen LogP contribution in [0, 0.1) is 5.92 Å². The first-order valence-electron chi connectivity index (χ1n) is 6.33. The van der Waals surface area contributed by atoms with Gasteiger partial charge in [-0.15, -0.1) is 0 Å². The van der Waals surface area contributed by atoms with E-state index in [2.05, 4.69) is 21.2 Å². The lowest BCUT2D eigenvalue weighted by molar-refractivity contribution is -0.126. The average Bonchev–Trinajstić information content (AvgIpc) is 2.70. The van der Waals surface area contributed by atoms with E-state index in [9.17, 15) is 9.59 Å². The molecule has 2 amide bonds. The Bertz CT molecular complexity index is 502. The largest absolute Gasteiger partial charge is 0.354 e. The van der Waals surface area contributed by atoms with Gasteiger partial charge in [0.05, 0.1) is 5.92 Å². The van der Waals surface area contributed by atoms with Crippen LogP contribution in [0.1, 0.15) is 20.3 Å². The van der Waals surface area contributed by atoms with Gasteiger partial charge in [0, 0.05) is 29.2 Å². The zero-order valence-corrected chi connectivity index (χ0v) is 12.6. The normalized spacial score (nSPS) is 19.1. The first-order chi connectivity index (χ1) is 8.97. The second-order valence-corrected chi connectivity index (χ2v) is 5.96. The molecule has 1 unspecified atom stereocenters. The molecule has 0 bridgehead atoms. The number of hydrogen-bond acceptors (Lipinski definition) is 2. The molecule has 5 heteroatoms. The Morgan fingerprint density at radius 2 is 2.21 bits per heavy atom. The molecular formula is C14H17BrN2O2. The highest BCUT2D eigenvalue weighted by molar-refractivity contribution is 9.10. The van der Waals surface area contributed by atoms with Crippen molar-refractivity contribution >= 4 is 33.4 Å². The second kappa shape index (κ2) is 5.74. The van der Waals surface area contributed by atoms with Crippen LogP contribution in [0.5, 0.6) is 0 Å². The maximum Gasteiger partial charge on any atom is 0.227 e. The number of rotatable bonds is 3. The fourth-order valence-corrected chi connectivity index (χ4v) is 2.57.